The average Bonchev–Trinajstić information content (AvgIpc) is 2.53. The van der Waals surface area contributed by atoms with Crippen LogP contribution in [0.5, 0.6) is 0 Å². The van der Waals surface area contributed by atoms with E-state index in [0.29, 0.717) is 5.56 Å². The largest absolute Gasteiger partial charge is 0.452 e. The first kappa shape index (κ1) is 18.7. The molecular formula is C16H12Cl2N2O5. The number of esters is 1. The van der Waals surface area contributed by atoms with E-state index >= 15 is 0 Å². The van der Waals surface area contributed by atoms with E-state index in [9.17, 15) is 19.7 Å². The maximum atomic E-state index is 11.9. The van der Waals surface area contributed by atoms with Crippen molar-refractivity contribution in [2.75, 3.05) is 11.9 Å². The molecule has 0 radical (unpaired) electrons. The molecule has 1 amide bonds. The molecule has 2 aromatic carbocycles. The number of aryl methyl sites for hydroxylation is 1. The van der Waals surface area contributed by atoms with Gasteiger partial charge in [-0.25, -0.2) is 4.79 Å². The molecule has 9 heteroatoms. The van der Waals surface area contributed by atoms with Gasteiger partial charge in [-0.05, 0) is 30.7 Å². The Bertz CT molecular complexity index is 834. The van der Waals surface area contributed by atoms with Crippen LogP contribution in [0.1, 0.15) is 15.9 Å². The second-order valence-electron chi connectivity index (χ2n) is 5.01. The van der Waals surface area contributed by atoms with Gasteiger partial charge in [0.05, 0.1) is 10.5 Å². The Kier molecular flexibility index (Phi) is 5.95. The third-order valence-corrected chi connectivity index (χ3v) is 3.58. The molecule has 0 aliphatic rings. The maximum absolute atomic E-state index is 11.9. The normalized spacial score (nSPS) is 10.2. The van der Waals surface area contributed by atoms with Gasteiger partial charge in [0.25, 0.3) is 11.6 Å². The number of amides is 1. The van der Waals surface area contributed by atoms with Gasteiger partial charge in [0.2, 0.25) is 0 Å². The van der Waals surface area contributed by atoms with E-state index in [1.54, 1.807) is 13.0 Å². The molecular weight excluding hydrogens is 371 g/mol. The number of hydrogen-bond donors (Lipinski definition) is 1. The van der Waals surface area contributed by atoms with Crippen molar-refractivity contribution in [1.82, 2.24) is 0 Å². The van der Waals surface area contributed by atoms with Crippen molar-refractivity contribution in [1.29, 1.82) is 0 Å². The van der Waals surface area contributed by atoms with Crippen LogP contribution in [0.25, 0.3) is 0 Å². The third kappa shape index (κ3) is 4.91. The predicted molar refractivity (Wildman–Crippen MR) is 93.2 cm³/mol. The summed E-state index contributed by atoms with van der Waals surface area (Å²) in [6, 6.07) is 8.53. The summed E-state index contributed by atoms with van der Waals surface area (Å²) in [4.78, 5) is 34.3. The van der Waals surface area contributed by atoms with Crippen molar-refractivity contribution in [3.63, 3.8) is 0 Å². The number of para-hydroxylation sites is 1. The Balaban J connectivity index is 2.04. The summed E-state index contributed by atoms with van der Waals surface area (Å²) in [7, 11) is 0. The molecule has 130 valence electrons. The van der Waals surface area contributed by atoms with Gasteiger partial charge in [-0.3, -0.25) is 14.9 Å². The highest BCUT2D eigenvalue weighted by Crippen LogP contribution is 2.27. The summed E-state index contributed by atoms with van der Waals surface area (Å²) in [5.41, 5.74) is 0.406. The van der Waals surface area contributed by atoms with E-state index in [1.165, 1.54) is 30.3 Å². The van der Waals surface area contributed by atoms with Crippen LogP contribution in [0.3, 0.4) is 0 Å². The van der Waals surface area contributed by atoms with E-state index in [1.807, 2.05) is 0 Å². The minimum absolute atomic E-state index is 0.0550. The topological polar surface area (TPSA) is 98.5 Å². The fraction of sp³-hybridized carbons (Fsp3) is 0.125. The molecule has 7 nitrogen and oxygen atoms in total. The number of anilines is 1. The maximum Gasteiger partial charge on any atom is 0.338 e. The Hall–Kier alpha value is -2.64. The molecule has 2 aromatic rings. The zero-order valence-electron chi connectivity index (χ0n) is 12.9. The van der Waals surface area contributed by atoms with Crippen LogP contribution >= 0.6 is 23.2 Å². The SMILES string of the molecule is Cc1cccc([N+](=O)[O-])c1NC(=O)COC(=O)c1cc(Cl)cc(Cl)c1. The van der Waals surface area contributed by atoms with Crippen molar-refractivity contribution >= 4 is 46.5 Å². The molecule has 0 aliphatic heterocycles. The lowest BCUT2D eigenvalue weighted by Gasteiger charge is -2.09. The van der Waals surface area contributed by atoms with Crippen molar-refractivity contribution in [3.05, 3.63) is 67.7 Å². The van der Waals surface area contributed by atoms with Crippen LogP contribution < -0.4 is 5.32 Å². The van der Waals surface area contributed by atoms with E-state index in [-0.39, 0.29) is 27.0 Å². The second-order valence-corrected chi connectivity index (χ2v) is 5.88. The van der Waals surface area contributed by atoms with E-state index in [4.69, 9.17) is 27.9 Å². The summed E-state index contributed by atoms with van der Waals surface area (Å²) in [5, 5.41) is 13.9. The van der Waals surface area contributed by atoms with Crippen molar-refractivity contribution < 1.29 is 19.2 Å². The number of carbonyl (C=O) groups is 2. The fourth-order valence-corrected chi connectivity index (χ4v) is 2.55. The van der Waals surface area contributed by atoms with Crippen LogP contribution in [-0.2, 0) is 9.53 Å². The second kappa shape index (κ2) is 7.96. The predicted octanol–water partition coefficient (Wildman–Crippen LogP) is 4.01. The standard InChI is InChI=1S/C16H12Cl2N2O5/c1-9-3-2-4-13(20(23)24)15(9)19-14(21)8-25-16(22)10-5-11(17)7-12(18)6-10/h2-7H,8H2,1H3,(H,19,21). The zero-order chi connectivity index (χ0) is 18.6. The number of nitrogens with zero attached hydrogens (tertiary/aromatic N) is 1. The highest BCUT2D eigenvalue weighted by Gasteiger charge is 2.19. The lowest BCUT2D eigenvalue weighted by molar-refractivity contribution is -0.384. The van der Waals surface area contributed by atoms with Crippen molar-refractivity contribution in [2.24, 2.45) is 0 Å². The Labute approximate surface area is 152 Å². The van der Waals surface area contributed by atoms with Crippen molar-refractivity contribution in [2.45, 2.75) is 6.92 Å². The van der Waals surface area contributed by atoms with Crippen LogP contribution in [0.4, 0.5) is 11.4 Å². The Morgan fingerprint density at radius 1 is 1.20 bits per heavy atom. The van der Waals surface area contributed by atoms with Crippen LogP contribution in [0.15, 0.2) is 36.4 Å². The van der Waals surface area contributed by atoms with Gasteiger partial charge in [0.1, 0.15) is 5.69 Å². The van der Waals surface area contributed by atoms with Gasteiger partial charge in [-0.1, -0.05) is 35.3 Å². The first-order valence-electron chi connectivity index (χ1n) is 6.95. The highest BCUT2D eigenvalue weighted by molar-refractivity contribution is 6.35. The van der Waals surface area contributed by atoms with Gasteiger partial charge in [-0.2, -0.15) is 0 Å². The summed E-state index contributed by atoms with van der Waals surface area (Å²) in [5.74, 6) is -1.50. The molecule has 0 saturated carbocycles. The molecule has 0 spiro atoms. The van der Waals surface area contributed by atoms with E-state index < -0.39 is 23.4 Å². The molecule has 0 heterocycles. The molecule has 0 saturated heterocycles. The number of benzene rings is 2. The number of nitro benzene ring substituents is 1. The summed E-state index contributed by atoms with van der Waals surface area (Å²) in [6.07, 6.45) is 0. The molecule has 1 N–H and O–H groups in total. The minimum atomic E-state index is -0.793. The molecule has 2 rings (SSSR count). The van der Waals surface area contributed by atoms with Gasteiger partial charge in [-0.15, -0.1) is 0 Å². The number of nitrogens with one attached hydrogen (secondary N) is 1. The Morgan fingerprint density at radius 2 is 1.84 bits per heavy atom. The Morgan fingerprint density at radius 3 is 2.44 bits per heavy atom. The van der Waals surface area contributed by atoms with E-state index in [0.717, 1.165) is 0 Å². The van der Waals surface area contributed by atoms with Crippen LogP contribution in [0.2, 0.25) is 10.0 Å². The minimum Gasteiger partial charge on any atom is -0.452 e. The average molecular weight is 383 g/mol. The number of rotatable bonds is 5. The molecule has 0 bridgehead atoms. The lowest BCUT2D eigenvalue weighted by Crippen LogP contribution is -2.22. The van der Waals surface area contributed by atoms with Gasteiger partial charge in [0.15, 0.2) is 6.61 Å². The molecule has 0 aliphatic carbocycles. The first-order chi connectivity index (χ1) is 11.8. The highest BCUT2D eigenvalue weighted by atomic mass is 35.5. The van der Waals surface area contributed by atoms with Gasteiger partial charge in [0, 0.05) is 16.1 Å². The smallest absolute Gasteiger partial charge is 0.338 e. The van der Waals surface area contributed by atoms with Crippen molar-refractivity contribution in [3.8, 4) is 0 Å². The summed E-state index contributed by atoms with van der Waals surface area (Å²) >= 11 is 11.6. The zero-order valence-corrected chi connectivity index (χ0v) is 14.4. The van der Waals surface area contributed by atoms with Gasteiger partial charge >= 0.3 is 5.97 Å². The molecule has 0 unspecified atom stereocenters. The summed E-state index contributed by atoms with van der Waals surface area (Å²) in [6.45, 7) is 0.997. The van der Waals surface area contributed by atoms with Gasteiger partial charge < -0.3 is 10.1 Å². The number of nitro groups is 1. The summed E-state index contributed by atoms with van der Waals surface area (Å²) < 4.78 is 4.87. The molecule has 0 fully saturated rings. The number of carbonyl (C=O) groups excluding carboxylic acids is 2. The molecule has 0 aromatic heterocycles. The number of hydrogen-bond acceptors (Lipinski definition) is 5. The molecule has 0 atom stereocenters. The van der Waals surface area contributed by atoms with Crippen LogP contribution in [-0.4, -0.2) is 23.4 Å². The lowest BCUT2D eigenvalue weighted by atomic mass is 10.1. The first-order valence-corrected chi connectivity index (χ1v) is 7.70. The number of ether oxygens (including phenoxy) is 1. The van der Waals surface area contributed by atoms with Crippen LogP contribution in [0, 0.1) is 17.0 Å². The molecule has 25 heavy (non-hydrogen) atoms. The van der Waals surface area contributed by atoms with E-state index in [2.05, 4.69) is 5.32 Å². The quantitative estimate of drug-likeness (QED) is 0.478. The number of halogens is 2. The third-order valence-electron chi connectivity index (χ3n) is 3.14. The fourth-order valence-electron chi connectivity index (χ4n) is 2.03. The monoisotopic (exact) mass is 382 g/mol.